The van der Waals surface area contributed by atoms with Gasteiger partial charge in [-0.2, -0.15) is 0 Å². The van der Waals surface area contributed by atoms with Gasteiger partial charge in [0.15, 0.2) is 0 Å². The van der Waals surface area contributed by atoms with E-state index in [9.17, 15) is 0 Å². The zero-order chi connectivity index (χ0) is 12.1. The molecule has 2 heterocycles. The van der Waals surface area contributed by atoms with Crippen molar-refractivity contribution >= 4 is 23.1 Å². The molecule has 4 heteroatoms. The number of nitrogens with one attached hydrogen (secondary N) is 1. The minimum Gasteiger partial charge on any atom is -0.313 e. The molecule has 0 atom stereocenters. The van der Waals surface area contributed by atoms with Gasteiger partial charge in [0.2, 0.25) is 0 Å². The van der Waals surface area contributed by atoms with Gasteiger partial charge < -0.3 is 5.32 Å². The summed E-state index contributed by atoms with van der Waals surface area (Å²) in [4.78, 5) is 4.54. The van der Waals surface area contributed by atoms with Crippen LogP contribution < -0.4 is 5.32 Å². The fourth-order valence-corrected chi connectivity index (χ4v) is 3.22. The Balaban J connectivity index is 2.09. The predicted octanol–water partition coefficient (Wildman–Crippen LogP) is 3.71. The van der Waals surface area contributed by atoms with Gasteiger partial charge in [-0.25, -0.2) is 4.98 Å². The number of hydrogen-bond acceptors (Lipinski definition) is 4. The summed E-state index contributed by atoms with van der Waals surface area (Å²) in [6.07, 6.45) is 1.96. The molecular weight excluding hydrogens is 248 g/mol. The van der Waals surface area contributed by atoms with Crippen molar-refractivity contribution in [1.29, 1.82) is 0 Å². The van der Waals surface area contributed by atoms with E-state index in [1.165, 1.54) is 15.3 Å². The van der Waals surface area contributed by atoms with Crippen molar-refractivity contribution in [2.75, 3.05) is 6.54 Å². The van der Waals surface area contributed by atoms with Crippen LogP contribution in [0.4, 0.5) is 0 Å². The molecule has 2 rings (SSSR count). The molecule has 0 aliphatic heterocycles. The quantitative estimate of drug-likeness (QED) is 0.891. The van der Waals surface area contributed by atoms with Crippen molar-refractivity contribution in [3.05, 3.63) is 40.9 Å². The summed E-state index contributed by atoms with van der Waals surface area (Å²) in [6.45, 7) is 6.12. The average Bonchev–Trinajstić information content (AvgIpc) is 2.82. The number of thiophene rings is 1. The largest absolute Gasteiger partial charge is 0.313 e. The fraction of sp³-hybridized carbons (Fsp3) is 0.308. The summed E-state index contributed by atoms with van der Waals surface area (Å²) in [6, 6.07) is 6.41. The Hall–Kier alpha value is -0.840. The first-order valence-electron chi connectivity index (χ1n) is 5.67. The Bertz CT molecular complexity index is 466. The first kappa shape index (κ1) is 12.6. The average molecular weight is 264 g/mol. The number of aryl methyl sites for hydroxylation is 1. The van der Waals surface area contributed by atoms with E-state index in [2.05, 4.69) is 47.7 Å². The lowest BCUT2D eigenvalue weighted by molar-refractivity contribution is 0.721. The molecular formula is C13H16N2S2. The summed E-state index contributed by atoms with van der Waals surface area (Å²) in [7, 11) is 0. The molecule has 2 nitrogen and oxygen atoms in total. The molecule has 0 fully saturated rings. The van der Waals surface area contributed by atoms with Crippen molar-refractivity contribution in [3.8, 4) is 0 Å². The van der Waals surface area contributed by atoms with Crippen LogP contribution in [0.3, 0.4) is 0 Å². The normalized spacial score (nSPS) is 10.7. The first-order chi connectivity index (χ1) is 8.29. The van der Waals surface area contributed by atoms with Crippen molar-refractivity contribution in [3.63, 3.8) is 0 Å². The lowest BCUT2D eigenvalue weighted by atomic mass is 10.2. The summed E-state index contributed by atoms with van der Waals surface area (Å²) in [5.74, 6) is 0. The molecule has 0 unspecified atom stereocenters. The molecule has 0 aromatic carbocycles. The van der Waals surface area contributed by atoms with Crippen LogP contribution in [0, 0.1) is 6.92 Å². The molecule has 1 N–H and O–H groups in total. The lowest BCUT2D eigenvalue weighted by Gasteiger charge is -2.06. The topological polar surface area (TPSA) is 24.9 Å². The zero-order valence-electron chi connectivity index (χ0n) is 10.1. The summed E-state index contributed by atoms with van der Waals surface area (Å²) in [5.41, 5.74) is 2.50. The van der Waals surface area contributed by atoms with E-state index >= 15 is 0 Å². The van der Waals surface area contributed by atoms with Gasteiger partial charge in [-0.05, 0) is 36.0 Å². The molecule has 90 valence electrons. The minimum absolute atomic E-state index is 0.897. The van der Waals surface area contributed by atoms with E-state index < -0.39 is 0 Å². The molecule has 2 aromatic heterocycles. The van der Waals surface area contributed by atoms with Crippen molar-refractivity contribution in [2.24, 2.45) is 0 Å². The van der Waals surface area contributed by atoms with Crippen molar-refractivity contribution in [2.45, 2.75) is 29.6 Å². The fourth-order valence-electron chi connectivity index (χ4n) is 1.51. The third-order valence-corrected chi connectivity index (χ3v) is 4.52. The number of pyridine rings is 1. The van der Waals surface area contributed by atoms with Gasteiger partial charge in [0, 0.05) is 12.7 Å². The molecule has 0 bridgehead atoms. The third kappa shape index (κ3) is 3.56. The van der Waals surface area contributed by atoms with E-state index in [0.717, 1.165) is 18.1 Å². The zero-order valence-corrected chi connectivity index (χ0v) is 11.7. The van der Waals surface area contributed by atoms with E-state index in [1.807, 2.05) is 6.20 Å². The summed E-state index contributed by atoms with van der Waals surface area (Å²) >= 11 is 3.50. The molecule has 0 radical (unpaired) electrons. The van der Waals surface area contributed by atoms with Crippen LogP contribution in [0.1, 0.15) is 18.1 Å². The molecule has 0 aliphatic carbocycles. The molecule has 0 saturated carbocycles. The van der Waals surface area contributed by atoms with Gasteiger partial charge in [-0.1, -0.05) is 30.8 Å². The molecule has 0 aliphatic rings. The third-order valence-electron chi connectivity index (χ3n) is 2.36. The highest BCUT2D eigenvalue weighted by Gasteiger charge is 2.04. The first-order valence-corrected chi connectivity index (χ1v) is 7.37. The van der Waals surface area contributed by atoms with E-state index in [4.69, 9.17) is 0 Å². The predicted molar refractivity (Wildman–Crippen MR) is 74.8 cm³/mol. The summed E-state index contributed by atoms with van der Waals surface area (Å²) < 4.78 is 1.29. The van der Waals surface area contributed by atoms with Crippen molar-refractivity contribution in [1.82, 2.24) is 10.3 Å². The maximum atomic E-state index is 4.54. The van der Waals surface area contributed by atoms with E-state index in [0.29, 0.717) is 0 Å². The smallest absolute Gasteiger partial charge is 0.104 e. The van der Waals surface area contributed by atoms with Gasteiger partial charge in [-0.3, -0.25) is 0 Å². The van der Waals surface area contributed by atoms with Crippen LogP contribution in [-0.4, -0.2) is 11.5 Å². The van der Waals surface area contributed by atoms with Crippen LogP contribution in [0.15, 0.2) is 39.0 Å². The second kappa shape index (κ2) is 6.19. The Morgan fingerprint density at radius 1 is 1.47 bits per heavy atom. The van der Waals surface area contributed by atoms with Crippen LogP contribution in [-0.2, 0) is 6.54 Å². The highest BCUT2D eigenvalue weighted by atomic mass is 32.2. The number of aromatic nitrogens is 1. The maximum Gasteiger partial charge on any atom is 0.104 e. The standard InChI is InChI=1S/C13H16N2S2/c1-3-14-8-11-7-10(2)13(15-9-11)17-12-5-4-6-16-12/h4-7,9,14H,3,8H2,1-2H3. The Morgan fingerprint density at radius 3 is 3.00 bits per heavy atom. The molecule has 2 aromatic rings. The lowest BCUT2D eigenvalue weighted by Crippen LogP contribution is -2.12. The monoisotopic (exact) mass is 264 g/mol. The Labute approximate surface area is 110 Å². The number of nitrogens with zero attached hydrogens (tertiary/aromatic N) is 1. The van der Waals surface area contributed by atoms with Gasteiger partial charge in [0.25, 0.3) is 0 Å². The van der Waals surface area contributed by atoms with Crippen molar-refractivity contribution < 1.29 is 0 Å². The Kier molecular flexibility index (Phi) is 4.59. The van der Waals surface area contributed by atoms with Gasteiger partial charge >= 0.3 is 0 Å². The van der Waals surface area contributed by atoms with E-state index in [-0.39, 0.29) is 0 Å². The van der Waals surface area contributed by atoms with Gasteiger partial charge in [0.05, 0.1) is 4.21 Å². The minimum atomic E-state index is 0.897. The summed E-state index contributed by atoms with van der Waals surface area (Å²) in [5, 5.41) is 6.51. The number of hydrogen-bond donors (Lipinski definition) is 1. The molecule has 0 saturated heterocycles. The van der Waals surface area contributed by atoms with Crippen LogP contribution >= 0.6 is 23.1 Å². The second-order valence-corrected chi connectivity index (χ2v) is 6.02. The maximum absolute atomic E-state index is 4.54. The Morgan fingerprint density at radius 2 is 2.35 bits per heavy atom. The van der Waals surface area contributed by atoms with Gasteiger partial charge in [0.1, 0.15) is 5.03 Å². The SMILES string of the molecule is CCNCc1cnc(Sc2cccs2)c(C)c1. The van der Waals surface area contributed by atoms with Crippen LogP contribution in [0.2, 0.25) is 0 Å². The van der Waals surface area contributed by atoms with Crippen LogP contribution in [0.5, 0.6) is 0 Å². The highest BCUT2D eigenvalue weighted by molar-refractivity contribution is 8.01. The molecule has 17 heavy (non-hydrogen) atoms. The molecule has 0 amide bonds. The highest BCUT2D eigenvalue weighted by Crippen LogP contribution is 2.31. The number of rotatable bonds is 5. The molecule has 0 spiro atoms. The van der Waals surface area contributed by atoms with Crippen LogP contribution in [0.25, 0.3) is 0 Å². The van der Waals surface area contributed by atoms with Gasteiger partial charge in [-0.15, -0.1) is 11.3 Å². The van der Waals surface area contributed by atoms with E-state index in [1.54, 1.807) is 23.1 Å². The second-order valence-electron chi connectivity index (χ2n) is 3.78.